The molecule has 9 amide bonds. The predicted octanol–water partition coefficient (Wildman–Crippen LogP) is 0.173. The minimum atomic E-state index is -1.41. The van der Waals surface area contributed by atoms with Crippen LogP contribution in [0.2, 0.25) is 0 Å². The Kier molecular flexibility index (Phi) is 19.9. The Morgan fingerprint density at radius 2 is 1.54 bits per heavy atom. The van der Waals surface area contributed by atoms with Crippen molar-refractivity contribution in [2.24, 2.45) is 17.6 Å². The van der Waals surface area contributed by atoms with Crippen molar-refractivity contribution in [3.63, 3.8) is 0 Å². The number of ether oxygens (including phenoxy) is 1. The average Bonchev–Trinajstić information content (AvgIpc) is 3.74. The number of hydrogen-bond acceptors (Lipinski definition) is 13. The first-order chi connectivity index (χ1) is 32.2. The lowest BCUT2D eigenvalue weighted by molar-refractivity contribution is -0.141. The van der Waals surface area contributed by atoms with E-state index in [1.165, 1.54) is 42.5 Å². The summed E-state index contributed by atoms with van der Waals surface area (Å²) in [5, 5.41) is 15.6. The largest absolute Gasteiger partial charge is 0.444 e. The summed E-state index contributed by atoms with van der Waals surface area (Å²) in [5.74, 6) is -8.76. The van der Waals surface area contributed by atoms with Gasteiger partial charge >= 0.3 is 6.09 Å². The molecule has 0 spiro atoms. The third-order valence-electron chi connectivity index (χ3n) is 11.4. The molecule has 1 saturated heterocycles. The van der Waals surface area contributed by atoms with Crippen LogP contribution in [0.15, 0.2) is 48.9 Å². The molecule has 68 heavy (non-hydrogen) atoms. The van der Waals surface area contributed by atoms with E-state index in [4.69, 9.17) is 10.5 Å². The summed E-state index contributed by atoms with van der Waals surface area (Å²) in [4.78, 5) is 144. The fourth-order valence-corrected chi connectivity index (χ4v) is 7.93. The molecule has 2 aliphatic rings. The lowest BCUT2D eigenvalue weighted by atomic mass is 9.83. The minimum absolute atomic E-state index is 0.00605. The molecule has 1 saturated carbocycles. The highest BCUT2D eigenvalue weighted by atomic mass is 16.6. The number of carbonyl (C=O) groups excluding carboxylic acids is 10. The van der Waals surface area contributed by atoms with E-state index in [1.807, 2.05) is 0 Å². The number of primary amides is 1. The topological polar surface area (TPSA) is 310 Å². The second-order valence-corrected chi connectivity index (χ2v) is 18.2. The molecule has 0 bridgehead atoms. The predicted molar refractivity (Wildman–Crippen MR) is 244 cm³/mol. The molecule has 4 rings (SSSR count). The maximum Gasteiger partial charge on any atom is 0.410 e. The molecule has 8 N–H and O–H groups in total. The van der Waals surface area contributed by atoms with Gasteiger partial charge in [-0.05, 0) is 57.9 Å². The number of ketones is 1. The normalized spacial score (nSPS) is 17.8. The maximum atomic E-state index is 14.2. The molecule has 1 aromatic carbocycles. The molecule has 1 aliphatic heterocycles. The Bertz CT molecular complexity index is 2130. The Hall–Kier alpha value is -7.00. The van der Waals surface area contributed by atoms with Crippen LogP contribution in [0.5, 0.6) is 0 Å². The van der Waals surface area contributed by atoms with Crippen LogP contribution < -0.4 is 37.6 Å². The molecule has 370 valence electrons. The summed E-state index contributed by atoms with van der Waals surface area (Å²) in [6.07, 6.45) is 6.69. The van der Waals surface area contributed by atoms with Crippen molar-refractivity contribution in [3.05, 3.63) is 60.2 Å². The molecule has 2 fully saturated rings. The van der Waals surface area contributed by atoms with Gasteiger partial charge in [0.15, 0.2) is 0 Å². The standard InChI is InChI=1S/C46H65N11O11/c1-7-14-30(38(60)43(65)50-24-35(59)54-37(44(66)56(5)6)28-17-12-9-13-18-28)51-39(61)29-25-57(45(67)68-46(2,3)4)26-33(29)53-40(62)31(19-20-34(47)58)52-42(64)36(27-15-10-8-11-16-27)55-41(63)32-23-48-21-22-49-32/h9,12-13,17-18,21-23,27,29-31,33,36-37H,7-8,10-11,14-16,19-20,24-26H2,1-6H3,(H2,47,58)(H,50,65)(H,51,61)(H,52,64)(H,53,62)(H,54,59)(H,55,63)/t29?,30-,31-,33?,36-,37-/m0/s1. The van der Waals surface area contributed by atoms with Crippen LogP contribution in [0, 0.1) is 11.8 Å². The van der Waals surface area contributed by atoms with Gasteiger partial charge in [-0.25, -0.2) is 9.78 Å². The number of hydrogen-bond donors (Lipinski definition) is 7. The van der Waals surface area contributed by atoms with Gasteiger partial charge in [0.05, 0.1) is 30.7 Å². The summed E-state index contributed by atoms with van der Waals surface area (Å²) in [6, 6.07) is 2.32. The van der Waals surface area contributed by atoms with Gasteiger partial charge in [0, 0.05) is 46.0 Å². The summed E-state index contributed by atoms with van der Waals surface area (Å²) in [5.41, 5.74) is 4.99. The summed E-state index contributed by atoms with van der Waals surface area (Å²) >= 11 is 0. The zero-order chi connectivity index (χ0) is 50.1. The van der Waals surface area contributed by atoms with Gasteiger partial charge in [-0.1, -0.05) is 62.9 Å². The van der Waals surface area contributed by atoms with Crippen LogP contribution in [0.3, 0.4) is 0 Å². The van der Waals surface area contributed by atoms with Crippen LogP contribution in [0.4, 0.5) is 4.79 Å². The van der Waals surface area contributed by atoms with Gasteiger partial charge in [-0.15, -0.1) is 0 Å². The summed E-state index contributed by atoms with van der Waals surface area (Å²) < 4.78 is 5.56. The lowest BCUT2D eigenvalue weighted by Crippen LogP contribution is -2.58. The molecule has 6 atom stereocenters. The van der Waals surface area contributed by atoms with Gasteiger partial charge in [0.2, 0.25) is 41.2 Å². The number of aromatic nitrogens is 2. The van der Waals surface area contributed by atoms with Gasteiger partial charge in [-0.2, -0.15) is 0 Å². The molecule has 2 aromatic rings. The van der Waals surface area contributed by atoms with E-state index in [2.05, 4.69) is 41.9 Å². The fraction of sp³-hybridized carbons (Fsp3) is 0.565. The van der Waals surface area contributed by atoms with Gasteiger partial charge in [0.25, 0.3) is 11.8 Å². The van der Waals surface area contributed by atoms with Crippen LogP contribution in [-0.2, 0) is 43.1 Å². The Balaban J connectivity index is 1.52. The van der Waals surface area contributed by atoms with Crippen LogP contribution in [0.25, 0.3) is 0 Å². The SMILES string of the molecule is CCC[C@H](NC(=O)C1CN(C(=O)OC(C)(C)C)CC1NC(=O)[C@H](CCC(N)=O)NC(=O)[C@@H](NC(=O)c1cnccn1)C1CCCCC1)C(=O)C(=O)NCC(=O)N[C@H](C(=O)N(C)C)c1ccccc1. The first kappa shape index (κ1) is 53.6. The first-order valence-electron chi connectivity index (χ1n) is 22.8. The van der Waals surface area contributed by atoms with Crippen molar-refractivity contribution < 1.29 is 52.7 Å². The Morgan fingerprint density at radius 3 is 2.15 bits per heavy atom. The van der Waals surface area contributed by atoms with E-state index < -0.39 is 107 Å². The maximum absolute atomic E-state index is 14.2. The van der Waals surface area contributed by atoms with Crippen LogP contribution >= 0.6 is 0 Å². The molecule has 2 heterocycles. The van der Waals surface area contributed by atoms with Gasteiger partial charge < -0.3 is 52.2 Å². The molecule has 0 radical (unpaired) electrons. The lowest BCUT2D eigenvalue weighted by Gasteiger charge is -2.31. The zero-order valence-corrected chi connectivity index (χ0v) is 39.5. The quantitative estimate of drug-likeness (QED) is 0.0823. The highest BCUT2D eigenvalue weighted by molar-refractivity contribution is 6.38. The number of rotatable bonds is 21. The number of amides is 9. The number of nitrogens with two attached hydrogens (primary N) is 1. The van der Waals surface area contributed by atoms with Crippen LogP contribution in [0.1, 0.15) is 108 Å². The highest BCUT2D eigenvalue weighted by Crippen LogP contribution is 2.27. The average molecular weight is 948 g/mol. The number of Topliss-reactive ketones (excluding diaryl/α,β-unsaturated/α-hetero) is 1. The number of likely N-dealkylation sites (tertiary alicyclic amines) is 1. The van der Waals surface area contributed by atoms with Crippen molar-refractivity contribution in [1.29, 1.82) is 0 Å². The monoisotopic (exact) mass is 947 g/mol. The van der Waals surface area contributed by atoms with Crippen molar-refractivity contribution >= 4 is 59.1 Å². The molecule has 22 heteroatoms. The second kappa shape index (κ2) is 25.2. The van der Waals surface area contributed by atoms with E-state index in [0.29, 0.717) is 24.8 Å². The molecule has 2 unspecified atom stereocenters. The third-order valence-corrected chi connectivity index (χ3v) is 11.4. The fourth-order valence-electron chi connectivity index (χ4n) is 7.93. The van der Waals surface area contributed by atoms with Crippen molar-refractivity contribution in [2.75, 3.05) is 33.7 Å². The molecular weight excluding hydrogens is 883 g/mol. The van der Waals surface area contributed by atoms with Crippen molar-refractivity contribution in [1.82, 2.24) is 51.7 Å². The molecule has 1 aromatic heterocycles. The minimum Gasteiger partial charge on any atom is -0.444 e. The van der Waals surface area contributed by atoms with Crippen LogP contribution in [-0.4, -0.2) is 142 Å². The molecule has 1 aliphatic carbocycles. The van der Waals surface area contributed by atoms with Gasteiger partial charge in [0.1, 0.15) is 29.4 Å². The van der Waals surface area contributed by atoms with E-state index in [0.717, 1.165) is 19.3 Å². The number of benzene rings is 1. The Labute approximate surface area is 395 Å². The highest BCUT2D eigenvalue weighted by Gasteiger charge is 2.44. The summed E-state index contributed by atoms with van der Waals surface area (Å²) in [7, 11) is 3.05. The van der Waals surface area contributed by atoms with E-state index in [9.17, 15) is 47.9 Å². The zero-order valence-electron chi connectivity index (χ0n) is 39.5. The van der Waals surface area contributed by atoms with Crippen molar-refractivity contribution in [3.8, 4) is 0 Å². The Morgan fingerprint density at radius 1 is 0.853 bits per heavy atom. The third kappa shape index (κ3) is 16.1. The van der Waals surface area contributed by atoms with E-state index in [1.54, 1.807) is 58.0 Å². The van der Waals surface area contributed by atoms with E-state index in [-0.39, 0.29) is 44.0 Å². The van der Waals surface area contributed by atoms with E-state index >= 15 is 0 Å². The second-order valence-electron chi connectivity index (χ2n) is 18.2. The number of nitrogens with one attached hydrogen (secondary N) is 6. The molecular formula is C46H65N11O11. The first-order valence-corrected chi connectivity index (χ1v) is 22.8. The number of nitrogens with zero attached hydrogens (tertiary/aromatic N) is 4. The van der Waals surface area contributed by atoms with Gasteiger partial charge in [-0.3, -0.25) is 48.1 Å². The summed E-state index contributed by atoms with van der Waals surface area (Å²) in [6.45, 7) is 5.43. The molecule has 22 nitrogen and oxygen atoms in total. The van der Waals surface area contributed by atoms with Crippen molar-refractivity contribution in [2.45, 2.75) is 121 Å². The number of likely N-dealkylation sites (N-methyl/N-ethyl adjacent to an activating group) is 1. The number of carbonyl (C=O) groups is 10. The smallest absolute Gasteiger partial charge is 0.410 e.